The Bertz CT molecular complexity index is 1140. The van der Waals surface area contributed by atoms with Crippen molar-refractivity contribution in [1.82, 2.24) is 4.98 Å². The summed E-state index contributed by atoms with van der Waals surface area (Å²) in [6, 6.07) is 12.5. The number of halogens is 2. The zero-order valence-corrected chi connectivity index (χ0v) is 17.4. The predicted octanol–water partition coefficient (Wildman–Crippen LogP) is 5.33. The first-order valence-electron chi connectivity index (χ1n) is 9.05. The molecule has 4 rings (SSSR count). The molecule has 3 aromatic rings. The van der Waals surface area contributed by atoms with E-state index in [1.54, 1.807) is 42.2 Å². The number of pyridine rings is 1. The number of thioether (sulfide) groups is 1. The maximum atomic E-state index is 13.4. The quantitative estimate of drug-likeness (QED) is 0.553. The molecular formula is C22H16ClFN2O3S. The summed E-state index contributed by atoms with van der Waals surface area (Å²) in [5.41, 5.74) is 3.22. The van der Waals surface area contributed by atoms with Gasteiger partial charge in [0.2, 0.25) is 5.91 Å². The highest BCUT2D eigenvalue weighted by atomic mass is 35.5. The molecule has 1 aromatic heterocycles. The molecule has 1 aliphatic rings. The van der Waals surface area contributed by atoms with Crippen molar-refractivity contribution in [2.75, 3.05) is 10.7 Å². The number of aromatic carboxylic acids is 1. The Morgan fingerprint density at radius 1 is 1.20 bits per heavy atom. The molecule has 1 saturated heterocycles. The van der Waals surface area contributed by atoms with Crippen molar-refractivity contribution in [2.45, 2.75) is 12.3 Å². The van der Waals surface area contributed by atoms with Gasteiger partial charge in [-0.3, -0.25) is 9.69 Å². The predicted molar refractivity (Wildman–Crippen MR) is 115 cm³/mol. The van der Waals surface area contributed by atoms with Gasteiger partial charge in [0.05, 0.1) is 11.3 Å². The first kappa shape index (κ1) is 20.4. The molecule has 0 bridgehead atoms. The molecule has 1 fully saturated rings. The van der Waals surface area contributed by atoms with Crippen LogP contribution in [-0.4, -0.2) is 27.7 Å². The Morgan fingerprint density at radius 3 is 2.57 bits per heavy atom. The molecule has 1 aliphatic heterocycles. The van der Waals surface area contributed by atoms with E-state index < -0.39 is 5.97 Å². The third kappa shape index (κ3) is 3.66. The van der Waals surface area contributed by atoms with Crippen LogP contribution in [0.5, 0.6) is 0 Å². The molecule has 5 nitrogen and oxygen atoms in total. The van der Waals surface area contributed by atoms with Crippen LogP contribution < -0.4 is 4.90 Å². The minimum Gasteiger partial charge on any atom is -0.478 e. The van der Waals surface area contributed by atoms with Gasteiger partial charge in [-0.15, -0.1) is 11.8 Å². The number of benzene rings is 2. The van der Waals surface area contributed by atoms with E-state index in [2.05, 4.69) is 4.98 Å². The second kappa shape index (κ2) is 8.08. The van der Waals surface area contributed by atoms with E-state index in [9.17, 15) is 19.1 Å². The monoisotopic (exact) mass is 442 g/mol. The van der Waals surface area contributed by atoms with Gasteiger partial charge in [0.15, 0.2) is 0 Å². The van der Waals surface area contributed by atoms with Crippen LogP contribution in [0.1, 0.15) is 26.9 Å². The van der Waals surface area contributed by atoms with E-state index >= 15 is 0 Å². The average molecular weight is 443 g/mol. The lowest BCUT2D eigenvalue weighted by Gasteiger charge is -2.27. The number of hydrogen-bond donors (Lipinski definition) is 1. The van der Waals surface area contributed by atoms with E-state index in [1.807, 2.05) is 0 Å². The van der Waals surface area contributed by atoms with E-state index in [1.165, 1.54) is 36.2 Å². The van der Waals surface area contributed by atoms with Gasteiger partial charge in [0.25, 0.3) is 0 Å². The molecule has 1 N–H and O–H groups in total. The van der Waals surface area contributed by atoms with Gasteiger partial charge < -0.3 is 5.11 Å². The Hall–Kier alpha value is -2.90. The van der Waals surface area contributed by atoms with E-state index in [0.717, 1.165) is 5.56 Å². The summed E-state index contributed by atoms with van der Waals surface area (Å²) < 4.78 is 13.4. The number of carboxylic acid groups (broad SMARTS) is 1. The molecule has 30 heavy (non-hydrogen) atoms. The number of carbonyl (C=O) groups excluding carboxylic acids is 1. The topological polar surface area (TPSA) is 70.5 Å². The average Bonchev–Trinajstić information content (AvgIpc) is 3.10. The van der Waals surface area contributed by atoms with Crippen molar-refractivity contribution in [1.29, 1.82) is 0 Å². The van der Waals surface area contributed by atoms with Gasteiger partial charge in [0.1, 0.15) is 16.3 Å². The Kier molecular flexibility index (Phi) is 5.49. The lowest BCUT2D eigenvalue weighted by atomic mass is 9.94. The molecule has 0 spiro atoms. The summed E-state index contributed by atoms with van der Waals surface area (Å²) >= 11 is 7.33. The minimum absolute atomic E-state index is 0.0966. The van der Waals surface area contributed by atoms with Crippen LogP contribution >= 0.6 is 23.4 Å². The van der Waals surface area contributed by atoms with Crippen LogP contribution in [0.2, 0.25) is 5.15 Å². The number of nitrogens with zero attached hydrogens (tertiary/aromatic N) is 2. The largest absolute Gasteiger partial charge is 0.478 e. The number of rotatable bonds is 4. The SMILES string of the molecule is Cc1c(N2C(=O)CSC2c2ccc(F)cc2)ccc(C(=O)O)c1-c1ccc(Cl)nc1. The van der Waals surface area contributed by atoms with Gasteiger partial charge in [-0.2, -0.15) is 0 Å². The van der Waals surface area contributed by atoms with Crippen LogP contribution in [0.25, 0.3) is 11.1 Å². The molecule has 2 aromatic carbocycles. The second-order valence-corrected chi connectivity index (χ2v) is 8.24. The molecule has 0 saturated carbocycles. The van der Waals surface area contributed by atoms with Gasteiger partial charge in [-0.05, 0) is 54.4 Å². The summed E-state index contributed by atoms with van der Waals surface area (Å²) in [6.07, 6.45) is 1.51. The van der Waals surface area contributed by atoms with E-state index in [0.29, 0.717) is 27.5 Å². The third-order valence-corrected chi connectivity index (χ3v) is 6.40. The molecular weight excluding hydrogens is 427 g/mol. The number of aromatic nitrogens is 1. The summed E-state index contributed by atoms with van der Waals surface area (Å²) in [5.74, 6) is -1.24. The highest BCUT2D eigenvalue weighted by molar-refractivity contribution is 8.00. The minimum atomic E-state index is -1.08. The normalized spacial score (nSPS) is 16.2. The molecule has 0 aliphatic carbocycles. The highest BCUT2D eigenvalue weighted by Crippen LogP contribution is 2.45. The molecule has 1 atom stereocenters. The maximum Gasteiger partial charge on any atom is 0.336 e. The van der Waals surface area contributed by atoms with Gasteiger partial charge in [-0.25, -0.2) is 14.2 Å². The van der Waals surface area contributed by atoms with Gasteiger partial charge >= 0.3 is 5.97 Å². The van der Waals surface area contributed by atoms with Gasteiger partial charge in [0, 0.05) is 23.0 Å². The van der Waals surface area contributed by atoms with Crippen molar-refractivity contribution < 1.29 is 19.1 Å². The third-order valence-electron chi connectivity index (χ3n) is 4.97. The van der Waals surface area contributed by atoms with Crippen molar-refractivity contribution >= 4 is 40.9 Å². The Morgan fingerprint density at radius 2 is 1.93 bits per heavy atom. The molecule has 0 radical (unpaired) electrons. The van der Waals surface area contributed by atoms with Crippen molar-refractivity contribution in [3.05, 3.63) is 82.4 Å². The standard InChI is InChI=1S/C22H16ClFN2O3S/c1-12-17(26-19(27)11-30-21(26)13-2-5-15(24)6-3-13)8-7-16(22(28)29)20(12)14-4-9-18(23)25-10-14/h2-10,21H,11H2,1H3,(H,28,29). The van der Waals surface area contributed by atoms with E-state index in [-0.39, 0.29) is 28.4 Å². The van der Waals surface area contributed by atoms with Crippen molar-refractivity contribution in [2.24, 2.45) is 0 Å². The smallest absolute Gasteiger partial charge is 0.336 e. The van der Waals surface area contributed by atoms with Gasteiger partial charge in [-0.1, -0.05) is 23.7 Å². The number of carboxylic acids is 1. The van der Waals surface area contributed by atoms with Crippen LogP contribution in [-0.2, 0) is 4.79 Å². The molecule has 2 heterocycles. The zero-order valence-electron chi connectivity index (χ0n) is 15.8. The highest BCUT2D eigenvalue weighted by Gasteiger charge is 2.35. The summed E-state index contributed by atoms with van der Waals surface area (Å²) in [5, 5.41) is 9.67. The van der Waals surface area contributed by atoms with Crippen molar-refractivity contribution in [3.63, 3.8) is 0 Å². The fourth-order valence-electron chi connectivity index (χ4n) is 3.59. The number of anilines is 1. The van der Waals surface area contributed by atoms with Crippen LogP contribution in [0.15, 0.2) is 54.7 Å². The lowest BCUT2D eigenvalue weighted by Crippen LogP contribution is -2.29. The van der Waals surface area contributed by atoms with E-state index in [4.69, 9.17) is 11.6 Å². The summed E-state index contributed by atoms with van der Waals surface area (Å²) in [7, 11) is 0. The first-order chi connectivity index (χ1) is 14.4. The first-order valence-corrected chi connectivity index (χ1v) is 10.5. The maximum absolute atomic E-state index is 13.4. The number of carbonyl (C=O) groups is 2. The molecule has 1 amide bonds. The Balaban J connectivity index is 1.86. The molecule has 1 unspecified atom stereocenters. The summed E-state index contributed by atoms with van der Waals surface area (Å²) in [4.78, 5) is 30.3. The zero-order chi connectivity index (χ0) is 21.4. The summed E-state index contributed by atoms with van der Waals surface area (Å²) in [6.45, 7) is 1.78. The van der Waals surface area contributed by atoms with Crippen molar-refractivity contribution in [3.8, 4) is 11.1 Å². The number of amides is 1. The second-order valence-electron chi connectivity index (χ2n) is 6.79. The molecule has 152 valence electrons. The lowest BCUT2D eigenvalue weighted by molar-refractivity contribution is -0.115. The van der Waals surface area contributed by atoms with Crippen LogP contribution in [0, 0.1) is 12.7 Å². The van der Waals surface area contributed by atoms with Crippen LogP contribution in [0.4, 0.5) is 10.1 Å². The number of hydrogen-bond acceptors (Lipinski definition) is 4. The molecule has 8 heteroatoms. The Labute approximate surface area is 181 Å². The fourth-order valence-corrected chi connectivity index (χ4v) is 4.88. The van der Waals surface area contributed by atoms with Crippen LogP contribution in [0.3, 0.4) is 0 Å². The fraction of sp³-hybridized carbons (Fsp3) is 0.136.